The van der Waals surface area contributed by atoms with Gasteiger partial charge >= 0.3 is 6.18 Å². The van der Waals surface area contributed by atoms with Crippen LogP contribution >= 0.6 is 0 Å². The standard InChI is InChI=1S/C43H28F3N5/c44-43(45,46)37-20-19-34-38(28-17-18-31-26-15-16-27(21-26)35(31)22-28)47-23-36(39(34)48-37)42-50-40(32-13-5-9-24-7-1-3-11-29(24)32)49-41(51-42)33-14-6-10-25-8-2-4-12-30(25)33/h1-14,17-20,22-23,26-27H,15-16,21H2. The molecule has 2 aliphatic rings. The van der Waals surface area contributed by atoms with E-state index in [0.29, 0.717) is 40.1 Å². The molecule has 2 atom stereocenters. The van der Waals surface area contributed by atoms with Crippen molar-refractivity contribution in [3.05, 3.63) is 138 Å². The molecule has 0 spiro atoms. The highest BCUT2D eigenvalue weighted by Gasteiger charge is 2.37. The van der Waals surface area contributed by atoms with E-state index in [9.17, 15) is 13.2 Å². The van der Waals surface area contributed by atoms with Crippen molar-refractivity contribution in [1.82, 2.24) is 24.9 Å². The van der Waals surface area contributed by atoms with Gasteiger partial charge in [0.25, 0.3) is 0 Å². The largest absolute Gasteiger partial charge is 0.433 e. The van der Waals surface area contributed by atoms with Gasteiger partial charge in [-0.2, -0.15) is 13.2 Å². The Hall–Kier alpha value is -6.02. The molecule has 5 nitrogen and oxygen atoms in total. The Morgan fingerprint density at radius 3 is 1.76 bits per heavy atom. The molecule has 246 valence electrons. The molecule has 0 aliphatic heterocycles. The maximum Gasteiger partial charge on any atom is 0.433 e. The van der Waals surface area contributed by atoms with Crippen LogP contribution in [0.1, 0.15) is 47.9 Å². The van der Waals surface area contributed by atoms with Gasteiger partial charge in [-0.25, -0.2) is 19.9 Å². The number of hydrogen-bond acceptors (Lipinski definition) is 5. The third kappa shape index (κ3) is 4.88. The maximum absolute atomic E-state index is 14.3. The topological polar surface area (TPSA) is 64.5 Å². The second kappa shape index (κ2) is 11.3. The average molecular weight is 672 g/mol. The second-order valence-electron chi connectivity index (χ2n) is 13.5. The van der Waals surface area contributed by atoms with E-state index in [-0.39, 0.29) is 11.3 Å². The van der Waals surface area contributed by atoms with Crippen molar-refractivity contribution in [2.24, 2.45) is 0 Å². The van der Waals surface area contributed by atoms with Crippen LogP contribution in [0.25, 0.3) is 77.9 Å². The summed E-state index contributed by atoms with van der Waals surface area (Å²) in [4.78, 5) is 24.1. The second-order valence-corrected chi connectivity index (χ2v) is 13.5. The highest BCUT2D eigenvalue weighted by atomic mass is 19.4. The van der Waals surface area contributed by atoms with E-state index in [1.165, 1.54) is 36.5 Å². The van der Waals surface area contributed by atoms with Crippen molar-refractivity contribution in [3.63, 3.8) is 0 Å². The lowest BCUT2D eigenvalue weighted by Gasteiger charge is -2.17. The van der Waals surface area contributed by atoms with Crippen LogP contribution in [0.5, 0.6) is 0 Å². The van der Waals surface area contributed by atoms with Crippen LogP contribution in [0.15, 0.2) is 121 Å². The molecule has 51 heavy (non-hydrogen) atoms. The SMILES string of the molecule is FC(F)(F)c1ccc2c(-c3ccc4c(c3)C3CCC4C3)ncc(-c3nc(-c4cccc5ccccc45)nc(-c4cccc5ccccc45)n3)c2n1. The molecule has 0 N–H and O–H groups in total. The average Bonchev–Trinajstić information content (AvgIpc) is 3.79. The van der Waals surface area contributed by atoms with E-state index in [2.05, 4.69) is 17.1 Å². The summed E-state index contributed by atoms with van der Waals surface area (Å²) in [5.41, 5.74) is 5.17. The number of rotatable bonds is 4. The summed E-state index contributed by atoms with van der Waals surface area (Å²) in [6, 6.07) is 36.7. The molecule has 2 bridgehead atoms. The number of fused-ring (bicyclic) bond motifs is 8. The van der Waals surface area contributed by atoms with Gasteiger partial charge in [0.05, 0.1) is 16.8 Å². The summed E-state index contributed by atoms with van der Waals surface area (Å²) in [5.74, 6) is 2.11. The monoisotopic (exact) mass is 671 g/mol. The van der Waals surface area contributed by atoms with E-state index >= 15 is 0 Å². The van der Waals surface area contributed by atoms with Crippen molar-refractivity contribution < 1.29 is 13.2 Å². The van der Waals surface area contributed by atoms with Crippen molar-refractivity contribution >= 4 is 32.4 Å². The first-order valence-corrected chi connectivity index (χ1v) is 17.1. The Balaban J connectivity index is 1.24. The number of nitrogens with zero attached hydrogens (tertiary/aromatic N) is 5. The lowest BCUT2D eigenvalue weighted by Crippen LogP contribution is -2.09. The normalized spacial score (nSPS) is 16.7. The van der Waals surface area contributed by atoms with Gasteiger partial charge in [0, 0.05) is 28.3 Å². The summed E-state index contributed by atoms with van der Waals surface area (Å²) in [5, 5.41) is 4.42. The Bertz CT molecular complexity index is 2600. The predicted octanol–water partition coefficient (Wildman–Crippen LogP) is 11.2. The van der Waals surface area contributed by atoms with Crippen molar-refractivity contribution in [2.45, 2.75) is 37.3 Å². The molecule has 1 saturated carbocycles. The molecule has 0 radical (unpaired) electrons. The minimum Gasteiger partial charge on any atom is -0.255 e. The van der Waals surface area contributed by atoms with E-state index in [0.717, 1.165) is 44.3 Å². The van der Waals surface area contributed by atoms with Crippen LogP contribution in [-0.2, 0) is 6.18 Å². The van der Waals surface area contributed by atoms with E-state index in [1.807, 2.05) is 91.0 Å². The molecule has 0 amide bonds. The molecular formula is C43H28F3N5. The fraction of sp³-hybridized carbons (Fsp3) is 0.140. The molecule has 0 saturated heterocycles. The number of hydrogen-bond donors (Lipinski definition) is 0. The Labute approximate surface area is 290 Å². The highest BCUT2D eigenvalue weighted by Crippen LogP contribution is 2.53. The Kier molecular flexibility index (Phi) is 6.59. The fourth-order valence-corrected chi connectivity index (χ4v) is 8.24. The molecule has 1 fully saturated rings. The molecule has 8 aromatic rings. The van der Waals surface area contributed by atoms with Gasteiger partial charge in [0.2, 0.25) is 0 Å². The number of halogens is 3. The van der Waals surface area contributed by atoms with E-state index < -0.39 is 11.9 Å². The smallest absolute Gasteiger partial charge is 0.255 e. The lowest BCUT2D eigenvalue weighted by molar-refractivity contribution is -0.140. The van der Waals surface area contributed by atoms with Gasteiger partial charge in [-0.1, -0.05) is 97.1 Å². The molecule has 5 aromatic carbocycles. The minimum atomic E-state index is -4.65. The van der Waals surface area contributed by atoms with Crippen molar-refractivity contribution in [2.75, 3.05) is 0 Å². The first kappa shape index (κ1) is 29.9. The summed E-state index contributed by atoms with van der Waals surface area (Å²) < 4.78 is 42.8. The van der Waals surface area contributed by atoms with Crippen LogP contribution < -0.4 is 0 Å². The quantitative estimate of drug-likeness (QED) is 0.186. The van der Waals surface area contributed by atoms with Gasteiger partial charge in [-0.3, -0.25) is 4.98 Å². The molecule has 2 aliphatic carbocycles. The Morgan fingerprint density at radius 1 is 0.529 bits per heavy atom. The summed E-state index contributed by atoms with van der Waals surface area (Å²) in [7, 11) is 0. The van der Waals surface area contributed by atoms with Crippen LogP contribution in [0.4, 0.5) is 13.2 Å². The molecule has 8 heteroatoms. The van der Waals surface area contributed by atoms with Crippen molar-refractivity contribution in [1.29, 1.82) is 0 Å². The zero-order chi connectivity index (χ0) is 34.3. The van der Waals surface area contributed by atoms with Crippen molar-refractivity contribution in [3.8, 4) is 45.4 Å². The number of aromatic nitrogens is 5. The van der Waals surface area contributed by atoms with Gasteiger partial charge in [-0.15, -0.1) is 0 Å². The first-order chi connectivity index (χ1) is 24.9. The molecule has 3 aromatic heterocycles. The molecular weight excluding hydrogens is 644 g/mol. The molecule has 3 heterocycles. The zero-order valence-electron chi connectivity index (χ0n) is 27.2. The zero-order valence-corrected chi connectivity index (χ0v) is 27.2. The predicted molar refractivity (Wildman–Crippen MR) is 194 cm³/mol. The number of benzene rings is 5. The number of alkyl halides is 3. The van der Waals surface area contributed by atoms with Crippen LogP contribution in [0.3, 0.4) is 0 Å². The van der Waals surface area contributed by atoms with E-state index in [4.69, 9.17) is 19.9 Å². The van der Waals surface area contributed by atoms with E-state index in [1.54, 1.807) is 6.20 Å². The van der Waals surface area contributed by atoms with Crippen LogP contribution in [0, 0.1) is 0 Å². The van der Waals surface area contributed by atoms with Crippen LogP contribution in [-0.4, -0.2) is 24.9 Å². The maximum atomic E-state index is 14.3. The summed E-state index contributed by atoms with van der Waals surface area (Å²) in [6.07, 6.45) is 0.467. The first-order valence-electron chi connectivity index (χ1n) is 17.1. The number of pyridine rings is 2. The van der Waals surface area contributed by atoms with Gasteiger partial charge in [0.15, 0.2) is 17.5 Å². The lowest BCUT2D eigenvalue weighted by atomic mass is 9.89. The Morgan fingerprint density at radius 2 is 1.12 bits per heavy atom. The summed E-state index contributed by atoms with van der Waals surface area (Å²) >= 11 is 0. The van der Waals surface area contributed by atoms with Gasteiger partial charge in [-0.05, 0) is 82.0 Å². The van der Waals surface area contributed by atoms with Crippen LogP contribution in [0.2, 0.25) is 0 Å². The molecule has 10 rings (SSSR count). The molecule has 2 unspecified atom stereocenters. The van der Waals surface area contributed by atoms with Gasteiger partial charge in [0.1, 0.15) is 5.69 Å². The highest BCUT2D eigenvalue weighted by molar-refractivity contribution is 6.01. The van der Waals surface area contributed by atoms with Gasteiger partial charge < -0.3 is 0 Å². The third-order valence-electron chi connectivity index (χ3n) is 10.6. The minimum absolute atomic E-state index is 0.135. The fourth-order valence-electron chi connectivity index (χ4n) is 8.24. The summed E-state index contributed by atoms with van der Waals surface area (Å²) in [6.45, 7) is 0. The third-order valence-corrected chi connectivity index (χ3v) is 10.6.